The fraction of sp³-hybridized carbons (Fsp3) is 0.448. The van der Waals surface area contributed by atoms with Crippen LogP contribution in [0.2, 0.25) is 0 Å². The number of hydrogen-bond acceptors (Lipinski definition) is 10. The largest absolute Gasteiger partial charge is 0.461 e. The van der Waals surface area contributed by atoms with Crippen molar-refractivity contribution in [3.63, 3.8) is 0 Å². The molecule has 12 heteroatoms. The van der Waals surface area contributed by atoms with E-state index in [0.717, 1.165) is 27.4 Å². The highest BCUT2D eigenvalue weighted by molar-refractivity contribution is 7.98. The molecule has 4 aromatic rings. The molecule has 0 saturated heterocycles. The number of methoxy groups -OCH3 is 2. The fourth-order valence-electron chi connectivity index (χ4n) is 5.33. The molecule has 1 aliphatic rings. The van der Waals surface area contributed by atoms with E-state index in [2.05, 4.69) is 10.2 Å². The molecule has 1 saturated carbocycles. The van der Waals surface area contributed by atoms with Crippen LogP contribution in [-0.2, 0) is 23.7 Å². The molecule has 0 amide bonds. The van der Waals surface area contributed by atoms with Crippen molar-refractivity contribution in [3.05, 3.63) is 54.6 Å². The van der Waals surface area contributed by atoms with Gasteiger partial charge in [0.25, 0.3) is 0 Å². The molecule has 3 heterocycles. The number of fused-ring (bicyclic) bond motifs is 1. The van der Waals surface area contributed by atoms with E-state index >= 15 is 0 Å². The molecule has 218 valence electrons. The van der Waals surface area contributed by atoms with Crippen LogP contribution in [0.5, 0.6) is 0 Å². The van der Waals surface area contributed by atoms with Crippen LogP contribution in [0, 0.1) is 0 Å². The molecular weight excluding hydrogens is 544 g/mol. The predicted molar refractivity (Wildman–Crippen MR) is 156 cm³/mol. The van der Waals surface area contributed by atoms with Gasteiger partial charge in [0.1, 0.15) is 12.4 Å². The summed E-state index contributed by atoms with van der Waals surface area (Å²) in [5.41, 5.74) is 9.95. The first-order valence-corrected chi connectivity index (χ1v) is 14.8. The quantitative estimate of drug-likeness (QED) is 0.148. The Morgan fingerprint density at radius 2 is 1.78 bits per heavy atom. The van der Waals surface area contributed by atoms with Crippen LogP contribution in [0.1, 0.15) is 37.3 Å². The van der Waals surface area contributed by atoms with Crippen molar-refractivity contribution in [1.82, 2.24) is 24.4 Å². The molecule has 1 aliphatic carbocycles. The SMILES string of the molecule is COCCOC(=O)C1(OCCOC)CCC(c2nc3c(-c4cnn(-c5ccccc5)c4)cnn3c(N)c2SC)CC1. The topological polar surface area (TPSA) is 128 Å². The minimum Gasteiger partial charge on any atom is -0.461 e. The number of rotatable bonds is 12. The first kappa shape index (κ1) is 29.1. The summed E-state index contributed by atoms with van der Waals surface area (Å²) in [7, 11) is 3.18. The zero-order valence-electron chi connectivity index (χ0n) is 23.6. The van der Waals surface area contributed by atoms with Crippen LogP contribution in [0.15, 0.2) is 53.8 Å². The normalized spacial score (nSPS) is 19.0. The zero-order chi connectivity index (χ0) is 28.8. The van der Waals surface area contributed by atoms with E-state index in [1.54, 1.807) is 36.7 Å². The van der Waals surface area contributed by atoms with Crippen LogP contribution in [0.3, 0.4) is 0 Å². The summed E-state index contributed by atoms with van der Waals surface area (Å²) in [4.78, 5) is 19.2. The highest BCUT2D eigenvalue weighted by Crippen LogP contribution is 2.44. The van der Waals surface area contributed by atoms with Gasteiger partial charge in [-0.2, -0.15) is 14.7 Å². The van der Waals surface area contributed by atoms with E-state index in [1.807, 2.05) is 53.7 Å². The number of carbonyl (C=O) groups excluding carboxylic acids is 1. The highest BCUT2D eigenvalue weighted by Gasteiger charge is 2.45. The van der Waals surface area contributed by atoms with E-state index in [-0.39, 0.29) is 18.5 Å². The number of ether oxygens (including phenoxy) is 4. The molecule has 1 aromatic carbocycles. The zero-order valence-corrected chi connectivity index (χ0v) is 24.4. The van der Waals surface area contributed by atoms with Crippen LogP contribution in [0.25, 0.3) is 22.5 Å². The summed E-state index contributed by atoms with van der Waals surface area (Å²) in [5, 5.41) is 9.12. The lowest BCUT2D eigenvalue weighted by molar-refractivity contribution is -0.181. The summed E-state index contributed by atoms with van der Waals surface area (Å²) in [6, 6.07) is 9.93. The minimum absolute atomic E-state index is 0.0884. The van der Waals surface area contributed by atoms with Crippen molar-refractivity contribution < 1.29 is 23.7 Å². The van der Waals surface area contributed by atoms with Crippen LogP contribution in [0.4, 0.5) is 5.82 Å². The third-order valence-electron chi connectivity index (χ3n) is 7.52. The van der Waals surface area contributed by atoms with Crippen molar-refractivity contribution in [3.8, 4) is 16.8 Å². The van der Waals surface area contributed by atoms with Crippen molar-refractivity contribution >= 4 is 29.2 Å². The van der Waals surface area contributed by atoms with Gasteiger partial charge in [-0.25, -0.2) is 14.5 Å². The van der Waals surface area contributed by atoms with Gasteiger partial charge in [-0.1, -0.05) is 18.2 Å². The van der Waals surface area contributed by atoms with Gasteiger partial charge < -0.3 is 24.7 Å². The third-order valence-corrected chi connectivity index (χ3v) is 8.35. The van der Waals surface area contributed by atoms with Gasteiger partial charge in [0, 0.05) is 37.5 Å². The standard InChI is InChI=1S/C29H36N6O5S/c1-37-13-15-39-28(36)29(40-16-14-38-2)11-9-20(10-12-29)24-25(41-3)26(30)35-27(33-24)23(18-32-35)21-17-31-34(19-21)22-7-5-4-6-8-22/h4-8,17-20H,9-16,30H2,1-3H3. The molecule has 0 bridgehead atoms. The second-order valence-electron chi connectivity index (χ2n) is 9.96. The van der Waals surface area contributed by atoms with Gasteiger partial charge in [0.15, 0.2) is 11.2 Å². The molecule has 0 aliphatic heterocycles. The van der Waals surface area contributed by atoms with Crippen LogP contribution < -0.4 is 5.73 Å². The number of carbonyl (C=O) groups is 1. The lowest BCUT2D eigenvalue weighted by atomic mass is 9.77. The molecule has 11 nitrogen and oxygen atoms in total. The molecule has 0 spiro atoms. The van der Waals surface area contributed by atoms with Crippen molar-refractivity contribution in [1.29, 1.82) is 0 Å². The molecule has 3 aromatic heterocycles. The van der Waals surface area contributed by atoms with Crippen molar-refractivity contribution in [2.75, 3.05) is 52.6 Å². The number of nitrogens with zero attached hydrogens (tertiary/aromatic N) is 5. The van der Waals surface area contributed by atoms with Gasteiger partial charge in [-0.3, -0.25) is 0 Å². The number of hydrogen-bond donors (Lipinski definition) is 1. The molecule has 0 unspecified atom stereocenters. The lowest BCUT2D eigenvalue weighted by Crippen LogP contribution is -2.46. The number of nitrogen functional groups attached to an aromatic ring is 1. The van der Waals surface area contributed by atoms with Crippen LogP contribution >= 0.6 is 11.8 Å². The Morgan fingerprint density at radius 1 is 1.05 bits per heavy atom. The van der Waals surface area contributed by atoms with Crippen molar-refractivity contribution in [2.24, 2.45) is 0 Å². The highest BCUT2D eigenvalue weighted by atomic mass is 32.2. The van der Waals surface area contributed by atoms with Crippen LogP contribution in [-0.4, -0.2) is 82.9 Å². The summed E-state index contributed by atoms with van der Waals surface area (Å²) in [6.07, 6.45) is 9.94. The number of thioether (sulfide) groups is 1. The Morgan fingerprint density at radius 3 is 2.49 bits per heavy atom. The van der Waals surface area contributed by atoms with Gasteiger partial charge >= 0.3 is 5.97 Å². The smallest absolute Gasteiger partial charge is 0.338 e. The molecule has 0 radical (unpaired) electrons. The molecule has 0 atom stereocenters. The van der Waals surface area contributed by atoms with Gasteiger partial charge in [0.2, 0.25) is 0 Å². The maximum atomic E-state index is 13.2. The fourth-order valence-corrected chi connectivity index (χ4v) is 6.04. The van der Waals surface area contributed by atoms with Crippen molar-refractivity contribution in [2.45, 2.75) is 42.1 Å². The Labute approximate surface area is 243 Å². The molecule has 2 N–H and O–H groups in total. The minimum atomic E-state index is -1.02. The Balaban J connectivity index is 1.43. The second kappa shape index (κ2) is 13.0. The number of benzene rings is 1. The maximum Gasteiger partial charge on any atom is 0.338 e. The Bertz CT molecular complexity index is 1470. The number of aromatic nitrogens is 5. The van der Waals surface area contributed by atoms with E-state index in [9.17, 15) is 4.79 Å². The summed E-state index contributed by atoms with van der Waals surface area (Å²) in [6.45, 7) is 1.22. The number of nitrogens with two attached hydrogens (primary N) is 1. The molecular formula is C29H36N6O5S. The average Bonchev–Trinajstić information content (AvgIpc) is 3.66. The van der Waals surface area contributed by atoms with Gasteiger partial charge in [-0.15, -0.1) is 11.8 Å². The summed E-state index contributed by atoms with van der Waals surface area (Å²) < 4.78 is 25.4. The van der Waals surface area contributed by atoms with E-state index < -0.39 is 5.60 Å². The van der Waals surface area contributed by atoms with Gasteiger partial charge in [-0.05, 0) is 44.1 Å². The second-order valence-corrected chi connectivity index (χ2v) is 10.8. The Kier molecular flexibility index (Phi) is 9.23. The predicted octanol–water partition coefficient (Wildman–Crippen LogP) is 4.14. The maximum absolute atomic E-state index is 13.2. The first-order chi connectivity index (χ1) is 20.0. The molecule has 1 fully saturated rings. The third kappa shape index (κ3) is 5.96. The van der Waals surface area contributed by atoms with E-state index in [1.165, 1.54) is 0 Å². The summed E-state index contributed by atoms with van der Waals surface area (Å²) >= 11 is 1.56. The number of para-hydroxylation sites is 1. The Hall–Kier alpha value is -3.45. The lowest BCUT2D eigenvalue weighted by Gasteiger charge is -2.38. The number of esters is 1. The average molecular weight is 581 g/mol. The monoisotopic (exact) mass is 580 g/mol. The molecule has 5 rings (SSSR count). The number of anilines is 1. The first-order valence-electron chi connectivity index (χ1n) is 13.6. The summed E-state index contributed by atoms with van der Waals surface area (Å²) in [5.74, 6) is 0.280. The molecule has 41 heavy (non-hydrogen) atoms. The van der Waals surface area contributed by atoms with Gasteiger partial charge in [0.05, 0.1) is 48.5 Å². The van der Waals surface area contributed by atoms with E-state index in [0.29, 0.717) is 57.0 Å². The van der Waals surface area contributed by atoms with E-state index in [4.69, 9.17) is 29.7 Å².